The van der Waals surface area contributed by atoms with Crippen LogP contribution in [0.1, 0.15) is 24.2 Å². The Morgan fingerprint density at radius 1 is 1.55 bits per heavy atom. The van der Waals surface area contributed by atoms with E-state index < -0.39 is 11.7 Å². The summed E-state index contributed by atoms with van der Waals surface area (Å²) in [7, 11) is 1.41. The number of rotatable bonds is 5. The van der Waals surface area contributed by atoms with Gasteiger partial charge in [-0.3, -0.25) is 4.79 Å². The Bertz CT molecular complexity index is 518. The van der Waals surface area contributed by atoms with Crippen molar-refractivity contribution in [3.05, 3.63) is 29.6 Å². The SMILES string of the molecule is COc1ccc(C(=O)N(C/C(N)=N/O)C(C)C)c(F)c1. The van der Waals surface area contributed by atoms with Gasteiger partial charge < -0.3 is 20.6 Å². The Labute approximate surface area is 116 Å². The molecular formula is C13H18FN3O3. The molecule has 0 aromatic heterocycles. The molecule has 110 valence electrons. The van der Waals surface area contributed by atoms with Gasteiger partial charge in [0.1, 0.15) is 11.6 Å². The van der Waals surface area contributed by atoms with Crippen LogP contribution in [-0.2, 0) is 0 Å². The molecule has 7 heteroatoms. The van der Waals surface area contributed by atoms with Gasteiger partial charge in [-0.1, -0.05) is 5.16 Å². The number of amides is 1. The molecule has 0 spiro atoms. The molecule has 1 amide bonds. The number of hydrogen-bond acceptors (Lipinski definition) is 4. The van der Waals surface area contributed by atoms with Crippen molar-refractivity contribution in [2.75, 3.05) is 13.7 Å². The third-order valence-electron chi connectivity index (χ3n) is 2.75. The molecule has 0 bridgehead atoms. The number of ether oxygens (including phenoxy) is 1. The van der Waals surface area contributed by atoms with Crippen LogP contribution in [0.4, 0.5) is 4.39 Å². The van der Waals surface area contributed by atoms with E-state index in [2.05, 4.69) is 5.16 Å². The molecule has 0 heterocycles. The van der Waals surface area contributed by atoms with Gasteiger partial charge in [-0.05, 0) is 26.0 Å². The highest BCUT2D eigenvalue weighted by atomic mass is 19.1. The quantitative estimate of drug-likeness (QED) is 0.370. The number of nitrogens with zero attached hydrogens (tertiary/aromatic N) is 2. The largest absolute Gasteiger partial charge is 0.497 e. The highest BCUT2D eigenvalue weighted by Crippen LogP contribution is 2.18. The van der Waals surface area contributed by atoms with Gasteiger partial charge in [0.2, 0.25) is 0 Å². The summed E-state index contributed by atoms with van der Waals surface area (Å²) in [6.45, 7) is 3.42. The first-order chi connectivity index (χ1) is 9.40. The molecule has 20 heavy (non-hydrogen) atoms. The van der Waals surface area contributed by atoms with E-state index >= 15 is 0 Å². The predicted octanol–water partition coefficient (Wildman–Crippen LogP) is 1.43. The Morgan fingerprint density at radius 2 is 2.20 bits per heavy atom. The maximum atomic E-state index is 13.9. The minimum absolute atomic E-state index is 0.0849. The number of halogens is 1. The molecule has 0 aliphatic carbocycles. The van der Waals surface area contributed by atoms with Crippen molar-refractivity contribution < 1.29 is 19.1 Å². The number of nitrogens with two attached hydrogens (primary N) is 1. The third kappa shape index (κ3) is 3.59. The summed E-state index contributed by atoms with van der Waals surface area (Å²) in [5.41, 5.74) is 5.31. The van der Waals surface area contributed by atoms with Crippen molar-refractivity contribution in [2.45, 2.75) is 19.9 Å². The molecule has 1 aromatic carbocycles. The lowest BCUT2D eigenvalue weighted by Gasteiger charge is -2.26. The maximum Gasteiger partial charge on any atom is 0.257 e. The summed E-state index contributed by atoms with van der Waals surface area (Å²) in [5, 5.41) is 11.4. The van der Waals surface area contributed by atoms with E-state index in [-0.39, 0.29) is 24.0 Å². The zero-order valence-corrected chi connectivity index (χ0v) is 11.6. The van der Waals surface area contributed by atoms with E-state index in [1.165, 1.54) is 24.1 Å². The highest BCUT2D eigenvalue weighted by Gasteiger charge is 2.23. The van der Waals surface area contributed by atoms with Crippen molar-refractivity contribution in [3.63, 3.8) is 0 Å². The highest BCUT2D eigenvalue weighted by molar-refractivity contribution is 5.97. The van der Waals surface area contributed by atoms with Crippen molar-refractivity contribution in [1.82, 2.24) is 4.90 Å². The predicted molar refractivity (Wildman–Crippen MR) is 72.5 cm³/mol. The van der Waals surface area contributed by atoms with Gasteiger partial charge in [-0.25, -0.2) is 4.39 Å². The topological polar surface area (TPSA) is 88.2 Å². The minimum atomic E-state index is -0.681. The molecule has 0 unspecified atom stereocenters. The van der Waals surface area contributed by atoms with E-state index in [1.807, 2.05) is 0 Å². The molecule has 3 N–H and O–H groups in total. The Kier molecular flexibility index (Phi) is 5.31. The van der Waals surface area contributed by atoms with Gasteiger partial charge in [-0.2, -0.15) is 0 Å². The summed E-state index contributed by atoms with van der Waals surface area (Å²) in [4.78, 5) is 13.6. The number of carbonyl (C=O) groups is 1. The van der Waals surface area contributed by atoms with Crippen LogP contribution in [0.3, 0.4) is 0 Å². The summed E-state index contributed by atoms with van der Waals surface area (Å²) in [6, 6.07) is 3.75. The van der Waals surface area contributed by atoms with E-state index in [1.54, 1.807) is 13.8 Å². The fourth-order valence-corrected chi connectivity index (χ4v) is 1.65. The lowest BCUT2D eigenvalue weighted by molar-refractivity contribution is 0.0729. The zero-order chi connectivity index (χ0) is 15.3. The van der Waals surface area contributed by atoms with Gasteiger partial charge in [-0.15, -0.1) is 0 Å². The summed E-state index contributed by atoms with van der Waals surface area (Å²) in [6.07, 6.45) is 0. The molecule has 0 aliphatic rings. The van der Waals surface area contributed by atoms with Crippen LogP contribution in [-0.4, -0.2) is 41.5 Å². The van der Waals surface area contributed by atoms with Crippen molar-refractivity contribution >= 4 is 11.7 Å². The van der Waals surface area contributed by atoms with Crippen LogP contribution in [0, 0.1) is 5.82 Å². The molecule has 0 atom stereocenters. The fourth-order valence-electron chi connectivity index (χ4n) is 1.65. The molecule has 0 fully saturated rings. The van der Waals surface area contributed by atoms with E-state index in [4.69, 9.17) is 15.7 Å². The summed E-state index contributed by atoms with van der Waals surface area (Å²) in [5.74, 6) is -1.01. The van der Waals surface area contributed by atoms with Crippen molar-refractivity contribution in [2.24, 2.45) is 10.9 Å². The number of benzene rings is 1. The summed E-state index contributed by atoms with van der Waals surface area (Å²) >= 11 is 0. The lowest BCUT2D eigenvalue weighted by atomic mass is 10.1. The first-order valence-corrected chi connectivity index (χ1v) is 6.01. The minimum Gasteiger partial charge on any atom is -0.497 e. The van der Waals surface area contributed by atoms with Gasteiger partial charge in [0, 0.05) is 12.1 Å². The molecule has 1 aromatic rings. The summed E-state index contributed by atoms with van der Waals surface area (Å²) < 4.78 is 18.8. The Balaban J connectivity index is 3.06. The molecular weight excluding hydrogens is 265 g/mol. The second kappa shape index (κ2) is 6.74. The van der Waals surface area contributed by atoms with Crippen LogP contribution in [0.5, 0.6) is 5.75 Å². The van der Waals surface area contributed by atoms with Gasteiger partial charge in [0.05, 0.1) is 19.2 Å². The van der Waals surface area contributed by atoms with E-state index in [0.29, 0.717) is 5.75 Å². The Morgan fingerprint density at radius 3 is 2.65 bits per heavy atom. The van der Waals surface area contributed by atoms with Crippen LogP contribution in [0.15, 0.2) is 23.4 Å². The molecule has 1 rings (SSSR count). The van der Waals surface area contributed by atoms with Gasteiger partial charge in [0.15, 0.2) is 5.84 Å². The number of carbonyl (C=O) groups excluding carboxylic acids is 1. The lowest BCUT2D eigenvalue weighted by Crippen LogP contribution is -2.43. The molecule has 6 nitrogen and oxygen atoms in total. The zero-order valence-electron chi connectivity index (χ0n) is 11.6. The first kappa shape index (κ1) is 15.7. The smallest absolute Gasteiger partial charge is 0.257 e. The molecule has 0 radical (unpaired) electrons. The average molecular weight is 283 g/mol. The van der Waals surface area contributed by atoms with Crippen LogP contribution < -0.4 is 10.5 Å². The average Bonchev–Trinajstić information content (AvgIpc) is 2.43. The van der Waals surface area contributed by atoms with Crippen LogP contribution in [0.25, 0.3) is 0 Å². The Hall–Kier alpha value is -2.31. The van der Waals surface area contributed by atoms with E-state index in [0.717, 1.165) is 6.07 Å². The molecule has 0 saturated carbocycles. The normalized spacial score (nSPS) is 11.6. The fraction of sp³-hybridized carbons (Fsp3) is 0.385. The van der Waals surface area contributed by atoms with Crippen molar-refractivity contribution in [1.29, 1.82) is 0 Å². The number of hydrogen-bond donors (Lipinski definition) is 2. The monoisotopic (exact) mass is 283 g/mol. The number of oxime groups is 1. The molecule has 0 aliphatic heterocycles. The second-order valence-corrected chi connectivity index (χ2v) is 4.46. The standard InChI is InChI=1S/C13H18FN3O3/c1-8(2)17(7-12(15)16-19)13(18)10-5-4-9(20-3)6-11(10)14/h4-6,8,19H,7H2,1-3H3,(H2,15,16). The van der Waals surface area contributed by atoms with Gasteiger partial charge >= 0.3 is 0 Å². The second-order valence-electron chi connectivity index (χ2n) is 4.46. The van der Waals surface area contributed by atoms with E-state index in [9.17, 15) is 9.18 Å². The molecule has 0 saturated heterocycles. The number of methoxy groups -OCH3 is 1. The van der Waals surface area contributed by atoms with Crippen LogP contribution in [0.2, 0.25) is 0 Å². The third-order valence-corrected chi connectivity index (χ3v) is 2.75. The first-order valence-electron chi connectivity index (χ1n) is 6.01. The van der Waals surface area contributed by atoms with Gasteiger partial charge in [0.25, 0.3) is 5.91 Å². The van der Waals surface area contributed by atoms with Crippen molar-refractivity contribution in [3.8, 4) is 5.75 Å². The number of amidine groups is 1. The maximum absolute atomic E-state index is 13.9. The van der Waals surface area contributed by atoms with Crippen LogP contribution >= 0.6 is 0 Å².